The van der Waals surface area contributed by atoms with Gasteiger partial charge in [0.2, 0.25) is 0 Å². The lowest BCUT2D eigenvalue weighted by atomic mass is 9.98. The van der Waals surface area contributed by atoms with Crippen LogP contribution in [0.4, 0.5) is 13.2 Å². The van der Waals surface area contributed by atoms with E-state index >= 15 is 0 Å². The van der Waals surface area contributed by atoms with Crippen molar-refractivity contribution in [3.05, 3.63) is 35.4 Å². The molecule has 1 aliphatic heterocycles. The van der Waals surface area contributed by atoms with Crippen LogP contribution < -0.4 is 0 Å². The van der Waals surface area contributed by atoms with Crippen molar-refractivity contribution in [2.45, 2.75) is 25.9 Å². The van der Waals surface area contributed by atoms with E-state index in [0.717, 1.165) is 38.1 Å². The molecule has 1 atom stereocenters. The van der Waals surface area contributed by atoms with Crippen LogP contribution in [0.2, 0.25) is 0 Å². The fourth-order valence-corrected chi connectivity index (χ4v) is 2.54. The molecule has 0 bridgehead atoms. The molecule has 1 aromatic carbocycles. The lowest BCUT2D eigenvalue weighted by Crippen LogP contribution is -2.29. The number of halogens is 4. The zero-order valence-electron chi connectivity index (χ0n) is 11.8. The van der Waals surface area contributed by atoms with E-state index in [9.17, 15) is 18.0 Å². The fourth-order valence-electron chi connectivity index (χ4n) is 2.54. The van der Waals surface area contributed by atoms with Gasteiger partial charge in [-0.15, -0.1) is 12.4 Å². The Bertz CT molecular complexity index is 467. The third-order valence-electron chi connectivity index (χ3n) is 3.68. The standard InChI is InChI=1S/C15H18F3NO.ClH/c1-11(10-19-8-2-3-9-19)14(20)12-4-6-13(7-5-12)15(16,17)18;/h4-7,11H,2-3,8-10H2,1H3;1H/t11-;/m1./s1. The predicted octanol–water partition coefficient (Wildman–Crippen LogP) is 4.04. The number of hydrogen-bond acceptors (Lipinski definition) is 2. The first-order chi connectivity index (χ1) is 9.38. The number of carbonyl (C=O) groups is 1. The van der Waals surface area contributed by atoms with Gasteiger partial charge in [0.25, 0.3) is 0 Å². The van der Waals surface area contributed by atoms with Crippen molar-refractivity contribution in [2.24, 2.45) is 5.92 Å². The van der Waals surface area contributed by atoms with Gasteiger partial charge in [-0.3, -0.25) is 4.79 Å². The zero-order chi connectivity index (χ0) is 14.8. The smallest absolute Gasteiger partial charge is 0.303 e. The Hall–Kier alpha value is -1.07. The first-order valence-electron chi connectivity index (χ1n) is 6.82. The topological polar surface area (TPSA) is 20.3 Å². The van der Waals surface area contributed by atoms with E-state index in [4.69, 9.17) is 0 Å². The van der Waals surface area contributed by atoms with Gasteiger partial charge in [0.15, 0.2) is 5.78 Å². The van der Waals surface area contributed by atoms with Gasteiger partial charge >= 0.3 is 6.18 Å². The van der Waals surface area contributed by atoms with Crippen LogP contribution in [0, 0.1) is 5.92 Å². The van der Waals surface area contributed by atoms with Gasteiger partial charge in [-0.05, 0) is 38.1 Å². The zero-order valence-corrected chi connectivity index (χ0v) is 12.6. The van der Waals surface area contributed by atoms with Gasteiger partial charge in [0.05, 0.1) is 5.56 Å². The van der Waals surface area contributed by atoms with E-state index in [1.807, 2.05) is 6.92 Å². The van der Waals surface area contributed by atoms with Crippen LogP contribution in [0.3, 0.4) is 0 Å². The van der Waals surface area contributed by atoms with E-state index in [1.165, 1.54) is 12.1 Å². The highest BCUT2D eigenvalue weighted by Gasteiger charge is 2.30. The minimum absolute atomic E-state index is 0. The maximum absolute atomic E-state index is 12.5. The van der Waals surface area contributed by atoms with Crippen molar-refractivity contribution in [3.63, 3.8) is 0 Å². The molecule has 118 valence electrons. The maximum atomic E-state index is 12.5. The molecule has 1 fully saturated rings. The summed E-state index contributed by atoms with van der Waals surface area (Å²) < 4.78 is 37.4. The Morgan fingerprint density at radius 3 is 2.19 bits per heavy atom. The molecular formula is C15H19ClF3NO. The van der Waals surface area contributed by atoms with Crippen molar-refractivity contribution in [1.29, 1.82) is 0 Å². The molecule has 2 rings (SSSR count). The molecule has 0 unspecified atom stereocenters. The molecule has 0 aliphatic carbocycles. The highest BCUT2D eigenvalue weighted by molar-refractivity contribution is 5.97. The molecule has 0 saturated carbocycles. The minimum atomic E-state index is -4.36. The normalized spacial score (nSPS) is 17.3. The summed E-state index contributed by atoms with van der Waals surface area (Å²) in [5, 5.41) is 0. The van der Waals surface area contributed by atoms with Gasteiger partial charge in [0, 0.05) is 18.0 Å². The molecular weight excluding hydrogens is 303 g/mol. The molecule has 2 nitrogen and oxygen atoms in total. The number of likely N-dealkylation sites (tertiary alicyclic amines) is 1. The minimum Gasteiger partial charge on any atom is -0.303 e. The van der Waals surface area contributed by atoms with Crippen LogP contribution in [0.1, 0.15) is 35.7 Å². The number of ketones is 1. The Labute approximate surface area is 128 Å². The molecule has 1 heterocycles. The van der Waals surface area contributed by atoms with E-state index in [-0.39, 0.29) is 24.1 Å². The number of Topliss-reactive ketones (excluding diaryl/α,β-unsaturated/α-hetero) is 1. The van der Waals surface area contributed by atoms with Gasteiger partial charge in [-0.1, -0.05) is 19.1 Å². The van der Waals surface area contributed by atoms with Crippen LogP contribution in [-0.2, 0) is 6.18 Å². The fraction of sp³-hybridized carbons (Fsp3) is 0.533. The van der Waals surface area contributed by atoms with E-state index in [0.29, 0.717) is 12.1 Å². The Morgan fingerprint density at radius 2 is 1.71 bits per heavy atom. The average Bonchev–Trinajstić information content (AvgIpc) is 2.90. The van der Waals surface area contributed by atoms with Crippen molar-refractivity contribution in [1.82, 2.24) is 4.90 Å². The van der Waals surface area contributed by atoms with Crippen LogP contribution in [0.5, 0.6) is 0 Å². The molecule has 0 spiro atoms. The number of rotatable bonds is 4. The Morgan fingerprint density at radius 1 is 1.19 bits per heavy atom. The summed E-state index contributed by atoms with van der Waals surface area (Å²) in [6.07, 6.45) is -2.05. The molecule has 6 heteroatoms. The lowest BCUT2D eigenvalue weighted by Gasteiger charge is -2.19. The Kier molecular flexibility index (Phi) is 6.23. The molecule has 0 radical (unpaired) electrons. The van der Waals surface area contributed by atoms with Crippen molar-refractivity contribution >= 4 is 18.2 Å². The molecule has 0 N–H and O–H groups in total. The van der Waals surface area contributed by atoms with E-state index in [2.05, 4.69) is 4.90 Å². The number of carbonyl (C=O) groups excluding carboxylic acids is 1. The largest absolute Gasteiger partial charge is 0.416 e. The second kappa shape index (κ2) is 7.27. The van der Waals surface area contributed by atoms with Gasteiger partial charge in [-0.25, -0.2) is 0 Å². The molecule has 0 aromatic heterocycles. The summed E-state index contributed by atoms with van der Waals surface area (Å²) in [5.74, 6) is -0.282. The predicted molar refractivity (Wildman–Crippen MR) is 77.9 cm³/mol. The van der Waals surface area contributed by atoms with Gasteiger partial charge < -0.3 is 4.90 Å². The summed E-state index contributed by atoms with van der Waals surface area (Å²) in [5.41, 5.74) is -0.369. The third kappa shape index (κ3) is 4.71. The van der Waals surface area contributed by atoms with Gasteiger partial charge in [-0.2, -0.15) is 13.2 Å². The first-order valence-corrected chi connectivity index (χ1v) is 6.82. The second-order valence-corrected chi connectivity index (χ2v) is 5.35. The summed E-state index contributed by atoms with van der Waals surface area (Å²) in [6.45, 7) is 4.52. The number of nitrogens with zero attached hydrogens (tertiary/aromatic N) is 1. The quantitative estimate of drug-likeness (QED) is 0.780. The van der Waals surface area contributed by atoms with Crippen LogP contribution in [0.25, 0.3) is 0 Å². The summed E-state index contributed by atoms with van der Waals surface area (Å²) in [6, 6.07) is 4.48. The van der Waals surface area contributed by atoms with Crippen LogP contribution in [-0.4, -0.2) is 30.3 Å². The van der Waals surface area contributed by atoms with Crippen LogP contribution >= 0.6 is 12.4 Å². The van der Waals surface area contributed by atoms with Gasteiger partial charge in [0.1, 0.15) is 0 Å². The summed E-state index contributed by atoms with van der Waals surface area (Å²) in [4.78, 5) is 14.4. The van der Waals surface area contributed by atoms with E-state index in [1.54, 1.807) is 0 Å². The maximum Gasteiger partial charge on any atom is 0.416 e. The van der Waals surface area contributed by atoms with Crippen molar-refractivity contribution < 1.29 is 18.0 Å². The molecule has 0 amide bonds. The summed E-state index contributed by atoms with van der Waals surface area (Å²) >= 11 is 0. The highest BCUT2D eigenvalue weighted by atomic mass is 35.5. The number of benzene rings is 1. The van der Waals surface area contributed by atoms with E-state index < -0.39 is 11.7 Å². The molecule has 1 aromatic rings. The number of alkyl halides is 3. The average molecular weight is 322 g/mol. The Balaban J connectivity index is 0.00000220. The second-order valence-electron chi connectivity index (χ2n) is 5.35. The highest BCUT2D eigenvalue weighted by Crippen LogP contribution is 2.29. The summed E-state index contributed by atoms with van der Waals surface area (Å²) in [7, 11) is 0. The van der Waals surface area contributed by atoms with Crippen molar-refractivity contribution in [2.75, 3.05) is 19.6 Å². The monoisotopic (exact) mass is 321 g/mol. The van der Waals surface area contributed by atoms with Crippen molar-refractivity contribution in [3.8, 4) is 0 Å². The first kappa shape index (κ1) is 18.0. The third-order valence-corrected chi connectivity index (χ3v) is 3.68. The lowest BCUT2D eigenvalue weighted by molar-refractivity contribution is -0.137. The number of hydrogen-bond donors (Lipinski definition) is 0. The molecule has 1 saturated heterocycles. The molecule has 1 aliphatic rings. The van der Waals surface area contributed by atoms with Crippen LogP contribution in [0.15, 0.2) is 24.3 Å². The molecule has 21 heavy (non-hydrogen) atoms. The SMILES string of the molecule is C[C@H](CN1CCCC1)C(=O)c1ccc(C(F)(F)F)cc1.Cl.